The molecule has 0 aliphatic carbocycles. The van der Waals surface area contributed by atoms with Crippen molar-refractivity contribution in [1.82, 2.24) is 15.1 Å². The Morgan fingerprint density at radius 3 is 2.88 bits per heavy atom. The molecule has 0 aliphatic rings. The van der Waals surface area contributed by atoms with Crippen molar-refractivity contribution in [2.75, 3.05) is 7.05 Å². The van der Waals surface area contributed by atoms with Crippen LogP contribution in [0.1, 0.15) is 29.1 Å². The molecule has 0 radical (unpaired) electrons. The van der Waals surface area contributed by atoms with Crippen LogP contribution in [0.5, 0.6) is 0 Å². The van der Waals surface area contributed by atoms with Gasteiger partial charge in [0.05, 0.1) is 15.5 Å². The van der Waals surface area contributed by atoms with Crippen molar-refractivity contribution in [3.8, 4) is 0 Å². The maximum absolute atomic E-state index is 4.33. The van der Waals surface area contributed by atoms with E-state index in [9.17, 15) is 0 Å². The highest BCUT2D eigenvalue weighted by molar-refractivity contribution is 9.11. The van der Waals surface area contributed by atoms with Gasteiger partial charge in [-0.3, -0.25) is 4.68 Å². The van der Waals surface area contributed by atoms with E-state index < -0.39 is 0 Å². The summed E-state index contributed by atoms with van der Waals surface area (Å²) in [7, 11) is 1.99. The van der Waals surface area contributed by atoms with Gasteiger partial charge in [-0.2, -0.15) is 5.10 Å². The molecule has 3 nitrogen and oxygen atoms in total. The van der Waals surface area contributed by atoms with Gasteiger partial charge in [-0.05, 0) is 54.5 Å². The zero-order valence-electron chi connectivity index (χ0n) is 10.2. The lowest BCUT2D eigenvalue weighted by molar-refractivity contribution is 0.567. The van der Waals surface area contributed by atoms with Gasteiger partial charge in [0.1, 0.15) is 0 Å². The number of halogens is 1. The number of aromatic nitrogens is 2. The van der Waals surface area contributed by atoms with Crippen molar-refractivity contribution in [1.29, 1.82) is 0 Å². The van der Waals surface area contributed by atoms with Crippen molar-refractivity contribution >= 4 is 27.3 Å². The molecule has 0 spiro atoms. The first kappa shape index (κ1) is 12.8. The van der Waals surface area contributed by atoms with Crippen LogP contribution >= 0.6 is 27.3 Å². The van der Waals surface area contributed by atoms with Gasteiger partial charge in [-0.15, -0.1) is 11.3 Å². The van der Waals surface area contributed by atoms with Gasteiger partial charge in [0.2, 0.25) is 0 Å². The molecule has 0 saturated carbocycles. The lowest BCUT2D eigenvalue weighted by atomic mass is 10.1. The topological polar surface area (TPSA) is 29.9 Å². The molecule has 1 N–H and O–H groups in total. The summed E-state index contributed by atoms with van der Waals surface area (Å²) in [5.74, 6) is 0. The van der Waals surface area contributed by atoms with Crippen molar-refractivity contribution < 1.29 is 0 Å². The predicted molar refractivity (Wildman–Crippen MR) is 75.6 cm³/mol. The second kappa shape index (κ2) is 5.33. The van der Waals surface area contributed by atoms with Crippen molar-refractivity contribution in [2.24, 2.45) is 0 Å². The van der Waals surface area contributed by atoms with E-state index in [1.54, 1.807) is 11.3 Å². The Bertz CT molecular complexity index is 484. The summed E-state index contributed by atoms with van der Waals surface area (Å²) in [5, 5.41) is 7.69. The molecule has 1 unspecified atom stereocenters. The molecule has 5 heteroatoms. The number of hydrogen-bond acceptors (Lipinski definition) is 3. The number of thiophene rings is 1. The van der Waals surface area contributed by atoms with Crippen LogP contribution in [0.2, 0.25) is 0 Å². The van der Waals surface area contributed by atoms with Crippen LogP contribution in [-0.2, 0) is 6.54 Å². The highest BCUT2D eigenvalue weighted by atomic mass is 79.9. The Kier molecular flexibility index (Phi) is 4.01. The van der Waals surface area contributed by atoms with Crippen LogP contribution in [0.25, 0.3) is 0 Å². The molecule has 0 aliphatic heterocycles. The summed E-state index contributed by atoms with van der Waals surface area (Å²) in [6.07, 6.45) is 1.86. The third kappa shape index (κ3) is 2.46. The first-order valence-corrected chi connectivity index (χ1v) is 7.23. The van der Waals surface area contributed by atoms with E-state index >= 15 is 0 Å². The van der Waals surface area contributed by atoms with Gasteiger partial charge in [0.15, 0.2) is 0 Å². The monoisotopic (exact) mass is 313 g/mol. The molecule has 17 heavy (non-hydrogen) atoms. The highest BCUT2D eigenvalue weighted by Crippen LogP contribution is 2.34. The summed E-state index contributed by atoms with van der Waals surface area (Å²) in [5.41, 5.74) is 2.50. The molecule has 92 valence electrons. The molecular formula is C12H16BrN3S. The van der Waals surface area contributed by atoms with E-state index in [0.717, 1.165) is 6.54 Å². The number of nitrogens with zero attached hydrogens (tertiary/aromatic N) is 2. The summed E-state index contributed by atoms with van der Waals surface area (Å²) in [4.78, 5) is 1.31. The Balaban J connectivity index is 2.40. The van der Waals surface area contributed by atoms with Gasteiger partial charge >= 0.3 is 0 Å². The molecule has 0 amide bonds. The maximum Gasteiger partial charge on any atom is 0.0839 e. The fraction of sp³-hybridized carbons (Fsp3) is 0.417. The van der Waals surface area contributed by atoms with Crippen LogP contribution in [0.3, 0.4) is 0 Å². The molecule has 2 heterocycles. The van der Waals surface area contributed by atoms with E-state index in [1.807, 2.05) is 17.9 Å². The molecule has 1 atom stereocenters. The molecule has 0 bridgehead atoms. The van der Waals surface area contributed by atoms with E-state index in [-0.39, 0.29) is 6.04 Å². The molecule has 2 rings (SSSR count). The number of rotatable bonds is 4. The molecule has 2 aromatic rings. The van der Waals surface area contributed by atoms with Crippen molar-refractivity contribution in [2.45, 2.75) is 26.4 Å². The fourth-order valence-electron chi connectivity index (χ4n) is 1.91. The zero-order valence-corrected chi connectivity index (χ0v) is 12.6. The molecule has 0 saturated heterocycles. The normalized spacial score (nSPS) is 12.9. The molecular weight excluding hydrogens is 298 g/mol. The minimum atomic E-state index is 0.215. The standard InChI is InChI=1S/C12H16BrN3S/c1-4-16-9(5-6-15-16)11(14-3)10-7-8(2)12(13)17-10/h5-7,11,14H,4H2,1-3H3. The number of hydrogen-bond donors (Lipinski definition) is 1. The van der Waals surface area contributed by atoms with Gasteiger partial charge in [-0.25, -0.2) is 0 Å². The number of nitrogens with one attached hydrogen (secondary N) is 1. The largest absolute Gasteiger partial charge is 0.307 e. The average Bonchev–Trinajstić information content (AvgIpc) is 2.89. The molecule has 2 aromatic heterocycles. The maximum atomic E-state index is 4.33. The summed E-state index contributed by atoms with van der Waals surface area (Å²) < 4.78 is 3.24. The van der Waals surface area contributed by atoms with Gasteiger partial charge < -0.3 is 5.32 Å². The van der Waals surface area contributed by atoms with E-state index in [1.165, 1.54) is 19.9 Å². The lowest BCUT2D eigenvalue weighted by Crippen LogP contribution is -2.20. The SMILES string of the molecule is CCn1nccc1C(NC)c1cc(C)c(Br)s1. The first-order chi connectivity index (χ1) is 8.17. The molecule has 0 aromatic carbocycles. The zero-order chi connectivity index (χ0) is 12.4. The minimum Gasteiger partial charge on any atom is -0.307 e. The first-order valence-electron chi connectivity index (χ1n) is 5.62. The summed E-state index contributed by atoms with van der Waals surface area (Å²) in [6.45, 7) is 5.12. The second-order valence-corrected chi connectivity index (χ2v) is 6.30. The van der Waals surface area contributed by atoms with Crippen molar-refractivity contribution in [3.05, 3.63) is 38.3 Å². The van der Waals surface area contributed by atoms with Crippen LogP contribution in [0.15, 0.2) is 22.1 Å². The van der Waals surface area contributed by atoms with E-state index in [2.05, 4.69) is 52.3 Å². The predicted octanol–water partition coefficient (Wildman–Crippen LogP) is 3.34. The third-order valence-corrected chi connectivity index (χ3v) is 5.00. The average molecular weight is 314 g/mol. The second-order valence-electron chi connectivity index (χ2n) is 3.90. The van der Waals surface area contributed by atoms with Crippen LogP contribution in [0.4, 0.5) is 0 Å². The van der Waals surface area contributed by atoms with Crippen LogP contribution in [0, 0.1) is 6.92 Å². The Morgan fingerprint density at radius 1 is 1.59 bits per heavy atom. The lowest BCUT2D eigenvalue weighted by Gasteiger charge is -2.15. The van der Waals surface area contributed by atoms with Gasteiger partial charge in [0.25, 0.3) is 0 Å². The van der Waals surface area contributed by atoms with E-state index in [0.29, 0.717) is 0 Å². The van der Waals surface area contributed by atoms with Crippen LogP contribution in [-0.4, -0.2) is 16.8 Å². The van der Waals surface area contributed by atoms with E-state index in [4.69, 9.17) is 0 Å². The Labute approximate surface area is 114 Å². The fourth-order valence-corrected chi connectivity index (χ4v) is 3.61. The van der Waals surface area contributed by atoms with Gasteiger partial charge in [0, 0.05) is 17.6 Å². The Morgan fingerprint density at radius 2 is 2.35 bits per heavy atom. The minimum absolute atomic E-state index is 0.215. The Hall–Kier alpha value is -0.650. The van der Waals surface area contributed by atoms with Crippen molar-refractivity contribution in [3.63, 3.8) is 0 Å². The quantitative estimate of drug-likeness (QED) is 0.938. The smallest absolute Gasteiger partial charge is 0.0839 e. The molecule has 0 fully saturated rings. The summed E-state index contributed by atoms with van der Waals surface area (Å²) >= 11 is 5.36. The van der Waals surface area contributed by atoms with Crippen LogP contribution < -0.4 is 5.32 Å². The third-order valence-electron chi connectivity index (χ3n) is 2.79. The number of aryl methyl sites for hydroxylation is 2. The highest BCUT2D eigenvalue weighted by Gasteiger charge is 2.18. The van der Waals surface area contributed by atoms with Gasteiger partial charge in [-0.1, -0.05) is 0 Å². The summed E-state index contributed by atoms with van der Waals surface area (Å²) in [6, 6.07) is 4.52.